The molecule has 0 aromatic carbocycles. The SMILES string of the molecule is CCCCCCCCC/C=C/C=C(\C)C(=O)O[C@@]1(C)C(=O)C=C2C=C(CC(C)O)OC=C2C1=O. The average Bonchev–Trinajstić information content (AvgIpc) is 2.78. The van der Waals surface area contributed by atoms with Gasteiger partial charge in [-0.1, -0.05) is 63.7 Å². The summed E-state index contributed by atoms with van der Waals surface area (Å²) in [5.41, 5.74) is -1.08. The molecule has 1 unspecified atom stereocenters. The van der Waals surface area contributed by atoms with Crippen molar-refractivity contribution in [2.75, 3.05) is 0 Å². The van der Waals surface area contributed by atoms with E-state index in [0.717, 1.165) is 12.8 Å². The zero-order valence-electron chi connectivity index (χ0n) is 20.9. The van der Waals surface area contributed by atoms with E-state index in [1.165, 1.54) is 57.8 Å². The van der Waals surface area contributed by atoms with Crippen LogP contribution in [0.2, 0.25) is 0 Å². The Hall–Kier alpha value is -2.73. The number of carbonyl (C=O) groups excluding carboxylic acids is 3. The molecular weight excluding hydrogens is 432 g/mol. The Morgan fingerprint density at radius 2 is 1.82 bits per heavy atom. The summed E-state index contributed by atoms with van der Waals surface area (Å²) in [4.78, 5) is 38.4. The van der Waals surface area contributed by atoms with E-state index in [1.807, 2.05) is 12.2 Å². The first-order valence-corrected chi connectivity index (χ1v) is 12.3. The van der Waals surface area contributed by atoms with Gasteiger partial charge in [0.15, 0.2) is 0 Å². The molecule has 2 rings (SSSR count). The largest absolute Gasteiger partial charge is 0.468 e. The highest BCUT2D eigenvalue weighted by atomic mass is 16.6. The Labute approximate surface area is 203 Å². The van der Waals surface area contributed by atoms with Gasteiger partial charge in [0, 0.05) is 12.0 Å². The van der Waals surface area contributed by atoms with Crippen LogP contribution in [0, 0.1) is 0 Å². The fourth-order valence-corrected chi connectivity index (χ4v) is 3.80. The standard InChI is InChI=1S/C28H38O6/c1-5-6-7-8-9-10-11-12-13-14-15-20(2)27(32)34-28(4)25(30)18-22-17-23(16-21(3)29)33-19-24(22)26(28)31/h13-15,17-19,21,29H,5-12,16H2,1-4H3/b14-13+,20-15+/t21?,28-/m0/s1. The highest BCUT2D eigenvalue weighted by molar-refractivity contribution is 6.26. The Morgan fingerprint density at radius 3 is 2.50 bits per heavy atom. The molecule has 2 aliphatic rings. The summed E-state index contributed by atoms with van der Waals surface area (Å²) in [7, 11) is 0. The van der Waals surface area contributed by atoms with Crippen molar-refractivity contribution < 1.29 is 29.0 Å². The number of ether oxygens (including phenoxy) is 2. The van der Waals surface area contributed by atoms with Crippen LogP contribution < -0.4 is 0 Å². The van der Waals surface area contributed by atoms with Crippen LogP contribution >= 0.6 is 0 Å². The third-order valence-electron chi connectivity index (χ3n) is 5.96. The van der Waals surface area contributed by atoms with E-state index in [2.05, 4.69) is 6.92 Å². The van der Waals surface area contributed by atoms with E-state index in [9.17, 15) is 19.5 Å². The summed E-state index contributed by atoms with van der Waals surface area (Å²) < 4.78 is 10.8. The van der Waals surface area contributed by atoms with Crippen LogP contribution in [0.4, 0.5) is 0 Å². The van der Waals surface area contributed by atoms with Crippen LogP contribution in [0.5, 0.6) is 0 Å². The molecule has 6 heteroatoms. The van der Waals surface area contributed by atoms with Crippen LogP contribution in [-0.4, -0.2) is 34.3 Å². The molecule has 0 aromatic rings. The second-order valence-electron chi connectivity index (χ2n) is 9.22. The van der Waals surface area contributed by atoms with Gasteiger partial charge in [-0.15, -0.1) is 0 Å². The van der Waals surface area contributed by atoms with E-state index in [-0.39, 0.29) is 12.0 Å². The van der Waals surface area contributed by atoms with Crippen molar-refractivity contribution in [2.45, 2.75) is 97.2 Å². The molecule has 34 heavy (non-hydrogen) atoms. The first-order valence-electron chi connectivity index (χ1n) is 12.3. The number of fused-ring (bicyclic) bond motifs is 1. The van der Waals surface area contributed by atoms with Gasteiger partial charge in [-0.25, -0.2) is 4.79 Å². The van der Waals surface area contributed by atoms with Crippen molar-refractivity contribution in [3.63, 3.8) is 0 Å². The fourth-order valence-electron chi connectivity index (χ4n) is 3.80. The monoisotopic (exact) mass is 470 g/mol. The molecular formula is C28H38O6. The average molecular weight is 471 g/mol. The van der Waals surface area contributed by atoms with Crippen molar-refractivity contribution in [3.05, 3.63) is 59.1 Å². The Balaban J connectivity index is 1.92. The number of rotatable bonds is 13. The van der Waals surface area contributed by atoms with Crippen LogP contribution in [0.3, 0.4) is 0 Å². The van der Waals surface area contributed by atoms with Crippen molar-refractivity contribution >= 4 is 17.5 Å². The molecule has 0 saturated carbocycles. The summed E-state index contributed by atoms with van der Waals surface area (Å²) in [6, 6.07) is 0. The van der Waals surface area contributed by atoms with Crippen LogP contribution in [0.25, 0.3) is 0 Å². The number of Topliss-reactive ketones (excluding diaryl/α,β-unsaturated/α-hetero) is 1. The molecule has 1 aliphatic carbocycles. The smallest absolute Gasteiger partial charge is 0.335 e. The van der Waals surface area contributed by atoms with Gasteiger partial charge in [-0.2, -0.15) is 0 Å². The van der Waals surface area contributed by atoms with Crippen LogP contribution in [0.15, 0.2) is 59.1 Å². The summed E-state index contributed by atoms with van der Waals surface area (Å²) in [5, 5.41) is 9.53. The number of esters is 1. The molecule has 0 aromatic heterocycles. The van der Waals surface area contributed by atoms with E-state index in [0.29, 0.717) is 16.9 Å². The summed E-state index contributed by atoms with van der Waals surface area (Å²) >= 11 is 0. The molecule has 1 aliphatic heterocycles. The predicted molar refractivity (Wildman–Crippen MR) is 132 cm³/mol. The maximum atomic E-state index is 13.0. The predicted octanol–water partition coefficient (Wildman–Crippen LogP) is 5.58. The molecule has 0 radical (unpaired) electrons. The van der Waals surface area contributed by atoms with Crippen molar-refractivity contribution in [1.82, 2.24) is 0 Å². The number of allylic oxidation sites excluding steroid dienone is 5. The number of aliphatic hydroxyl groups is 1. The fraction of sp³-hybridized carbons (Fsp3) is 0.536. The van der Waals surface area contributed by atoms with Gasteiger partial charge in [0.1, 0.15) is 12.0 Å². The van der Waals surface area contributed by atoms with Crippen molar-refractivity contribution in [2.24, 2.45) is 0 Å². The Kier molecular flexibility index (Phi) is 10.7. The molecule has 0 amide bonds. The first kappa shape index (κ1) is 27.5. The highest BCUT2D eigenvalue weighted by Crippen LogP contribution is 2.34. The number of ketones is 2. The Morgan fingerprint density at radius 1 is 1.15 bits per heavy atom. The molecule has 0 spiro atoms. The van der Waals surface area contributed by atoms with Gasteiger partial charge in [-0.3, -0.25) is 9.59 Å². The maximum Gasteiger partial charge on any atom is 0.335 e. The van der Waals surface area contributed by atoms with Crippen LogP contribution in [-0.2, 0) is 23.9 Å². The van der Waals surface area contributed by atoms with E-state index < -0.39 is 29.2 Å². The highest BCUT2D eigenvalue weighted by Gasteiger charge is 2.49. The quantitative estimate of drug-likeness (QED) is 0.124. The van der Waals surface area contributed by atoms with E-state index >= 15 is 0 Å². The van der Waals surface area contributed by atoms with Gasteiger partial charge in [0.25, 0.3) is 0 Å². The second kappa shape index (κ2) is 13.2. The number of hydrogen-bond acceptors (Lipinski definition) is 6. The lowest BCUT2D eigenvalue weighted by Gasteiger charge is -2.31. The topological polar surface area (TPSA) is 89.9 Å². The second-order valence-corrected chi connectivity index (χ2v) is 9.22. The third-order valence-corrected chi connectivity index (χ3v) is 5.96. The van der Waals surface area contributed by atoms with Gasteiger partial charge in [0.2, 0.25) is 17.2 Å². The minimum Gasteiger partial charge on any atom is -0.468 e. The lowest BCUT2D eigenvalue weighted by Crippen LogP contribution is -2.50. The minimum atomic E-state index is -1.94. The Bertz CT molecular complexity index is 915. The number of aliphatic hydroxyl groups excluding tert-OH is 1. The normalized spacial score (nSPS) is 21.4. The van der Waals surface area contributed by atoms with Gasteiger partial charge < -0.3 is 14.6 Å². The third kappa shape index (κ3) is 7.66. The molecule has 186 valence electrons. The summed E-state index contributed by atoms with van der Waals surface area (Å²) in [6.07, 6.45) is 18.8. The van der Waals surface area contributed by atoms with Crippen LogP contribution in [0.1, 0.15) is 85.5 Å². The molecule has 2 atom stereocenters. The molecule has 6 nitrogen and oxygen atoms in total. The number of unbranched alkanes of at least 4 members (excludes halogenated alkanes) is 7. The van der Waals surface area contributed by atoms with E-state index in [1.54, 1.807) is 26.0 Å². The first-order chi connectivity index (χ1) is 16.2. The van der Waals surface area contributed by atoms with Crippen molar-refractivity contribution in [3.8, 4) is 0 Å². The lowest BCUT2D eigenvalue weighted by atomic mass is 9.80. The molecule has 0 saturated heterocycles. The lowest BCUT2D eigenvalue weighted by molar-refractivity contribution is -0.165. The molecule has 1 heterocycles. The molecule has 0 fully saturated rings. The zero-order valence-corrected chi connectivity index (χ0v) is 20.9. The summed E-state index contributed by atoms with van der Waals surface area (Å²) in [5.74, 6) is -1.50. The molecule has 1 N–H and O–H groups in total. The maximum absolute atomic E-state index is 13.0. The number of hydrogen-bond donors (Lipinski definition) is 1. The zero-order chi connectivity index (χ0) is 25.1. The molecule has 0 bridgehead atoms. The number of carbonyl (C=O) groups is 3. The van der Waals surface area contributed by atoms with Gasteiger partial charge in [0.05, 0.1) is 11.7 Å². The summed E-state index contributed by atoms with van der Waals surface area (Å²) in [6.45, 7) is 6.73. The van der Waals surface area contributed by atoms with Gasteiger partial charge >= 0.3 is 5.97 Å². The van der Waals surface area contributed by atoms with Gasteiger partial charge in [-0.05, 0) is 51.3 Å². The van der Waals surface area contributed by atoms with E-state index in [4.69, 9.17) is 9.47 Å². The minimum absolute atomic E-state index is 0.167. The van der Waals surface area contributed by atoms with Crippen molar-refractivity contribution in [1.29, 1.82) is 0 Å².